The van der Waals surface area contributed by atoms with E-state index < -0.39 is 37.6 Å². The van der Waals surface area contributed by atoms with Gasteiger partial charge in [-0.25, -0.2) is 0 Å². The Kier molecular flexibility index (Phi) is 28.7. The molecule has 0 saturated carbocycles. The fourth-order valence-electron chi connectivity index (χ4n) is 1.15. The Morgan fingerprint density at radius 1 is 0.727 bits per heavy atom. The summed E-state index contributed by atoms with van der Waals surface area (Å²) in [6, 6.07) is 0. The maximum absolute atomic E-state index is 10.3. The zero-order valence-corrected chi connectivity index (χ0v) is 19.2. The van der Waals surface area contributed by atoms with Crippen LogP contribution in [0.25, 0.3) is 0 Å². The van der Waals surface area contributed by atoms with E-state index in [4.69, 9.17) is 4.74 Å². The Morgan fingerprint density at radius 3 is 1.59 bits per heavy atom. The van der Waals surface area contributed by atoms with E-state index >= 15 is 0 Å². The summed E-state index contributed by atoms with van der Waals surface area (Å²) in [5.41, 5.74) is 0. The largest absolute Gasteiger partial charge is 1.00 e. The van der Waals surface area contributed by atoms with Gasteiger partial charge in [0.25, 0.3) is 0 Å². The van der Waals surface area contributed by atoms with Gasteiger partial charge in [0.05, 0.1) is 44.3 Å². The second-order valence-electron chi connectivity index (χ2n) is 3.49. The molecule has 0 spiro atoms. The number of carbonyl (C=O) groups is 3. The van der Waals surface area contributed by atoms with Crippen molar-refractivity contribution in [3.05, 3.63) is 0 Å². The molecular formula is C10H14NNa3O8. The zero-order valence-electron chi connectivity index (χ0n) is 13.2. The molecule has 0 rings (SSSR count). The Hall–Kier alpha value is 1.29. The van der Waals surface area contributed by atoms with Crippen LogP contribution >= 0.6 is 0 Å². The van der Waals surface area contributed by atoms with Crippen LogP contribution in [-0.4, -0.2) is 68.9 Å². The van der Waals surface area contributed by atoms with Gasteiger partial charge in [-0.3, -0.25) is 4.90 Å². The molecule has 110 valence electrons. The Morgan fingerprint density at radius 2 is 1.18 bits per heavy atom. The third-order valence-electron chi connectivity index (χ3n) is 1.85. The molecule has 0 radical (unpaired) electrons. The fourth-order valence-corrected chi connectivity index (χ4v) is 1.15. The normalized spacial score (nSPS) is 9.14. The average Bonchev–Trinajstić information content (AvgIpc) is 2.25. The van der Waals surface area contributed by atoms with Gasteiger partial charge in [-0.05, 0) is 0 Å². The molecule has 0 aliphatic carbocycles. The van der Waals surface area contributed by atoms with Crippen molar-refractivity contribution in [3.8, 4) is 0 Å². The molecule has 0 atom stereocenters. The van der Waals surface area contributed by atoms with Gasteiger partial charge < -0.3 is 39.2 Å². The first-order valence-corrected chi connectivity index (χ1v) is 5.39. The van der Waals surface area contributed by atoms with Crippen molar-refractivity contribution >= 4 is 17.9 Å². The van der Waals surface area contributed by atoms with Crippen molar-refractivity contribution in [1.29, 1.82) is 0 Å². The van der Waals surface area contributed by atoms with E-state index in [1.165, 1.54) is 0 Å². The number of hydrogen-bond donors (Lipinski definition) is 0. The summed E-state index contributed by atoms with van der Waals surface area (Å²) in [6.45, 7) is -1.37. The summed E-state index contributed by atoms with van der Waals surface area (Å²) in [4.78, 5) is 31.7. The molecule has 0 aliphatic heterocycles. The number of rotatable bonds is 12. The van der Waals surface area contributed by atoms with Crippen LogP contribution in [0.3, 0.4) is 0 Å². The molecule has 12 heteroatoms. The van der Waals surface area contributed by atoms with Crippen LogP contribution in [0, 0.1) is 0 Å². The van der Waals surface area contributed by atoms with Crippen molar-refractivity contribution < 1.29 is 128 Å². The van der Waals surface area contributed by atoms with E-state index in [0.717, 1.165) is 4.90 Å². The van der Waals surface area contributed by atoms with Crippen molar-refractivity contribution in [3.63, 3.8) is 0 Å². The monoisotopic (exact) mass is 345 g/mol. The van der Waals surface area contributed by atoms with Gasteiger partial charge in [0.2, 0.25) is 0 Å². The van der Waals surface area contributed by atoms with Crippen LogP contribution in [0.2, 0.25) is 0 Å². The average molecular weight is 345 g/mol. The molecule has 0 aromatic carbocycles. The minimum Gasteiger partial charge on any atom is -0.549 e. The van der Waals surface area contributed by atoms with Crippen molar-refractivity contribution in [1.82, 2.24) is 4.90 Å². The van der Waals surface area contributed by atoms with Crippen LogP contribution in [0.4, 0.5) is 0 Å². The van der Waals surface area contributed by atoms with Crippen LogP contribution in [0.1, 0.15) is 0 Å². The Bertz CT molecular complexity index is 303. The van der Waals surface area contributed by atoms with Gasteiger partial charge >= 0.3 is 88.7 Å². The molecular weight excluding hydrogens is 331 g/mol. The first-order chi connectivity index (χ1) is 8.91. The van der Waals surface area contributed by atoms with Gasteiger partial charge in [0, 0.05) is 19.6 Å². The minimum atomic E-state index is -1.40. The summed E-state index contributed by atoms with van der Waals surface area (Å²) in [7, 11) is 0. The SMILES string of the molecule is O=C([O-])COCCOCCN(CC(=O)[O-])CC(=O)[O-].[Na+].[Na+].[Na+]. The smallest absolute Gasteiger partial charge is 0.549 e. The number of hydrogen-bond acceptors (Lipinski definition) is 9. The third kappa shape index (κ3) is 23.6. The van der Waals surface area contributed by atoms with Crippen LogP contribution in [-0.2, 0) is 23.9 Å². The number of carboxylic acid groups (broad SMARTS) is 3. The van der Waals surface area contributed by atoms with E-state index in [-0.39, 0.29) is 115 Å². The van der Waals surface area contributed by atoms with Crippen molar-refractivity contribution in [2.24, 2.45) is 0 Å². The third-order valence-corrected chi connectivity index (χ3v) is 1.85. The van der Waals surface area contributed by atoms with Gasteiger partial charge in [-0.15, -0.1) is 0 Å². The number of carbonyl (C=O) groups excluding carboxylic acids is 3. The van der Waals surface area contributed by atoms with Crippen molar-refractivity contribution in [2.45, 2.75) is 0 Å². The molecule has 0 saturated heterocycles. The maximum Gasteiger partial charge on any atom is 1.00 e. The van der Waals surface area contributed by atoms with Crippen LogP contribution in [0.15, 0.2) is 0 Å². The second kappa shape index (κ2) is 20.3. The quantitative estimate of drug-likeness (QED) is 0.249. The summed E-state index contributed by atoms with van der Waals surface area (Å²) in [5.74, 6) is -4.15. The summed E-state index contributed by atoms with van der Waals surface area (Å²) < 4.78 is 9.62. The fraction of sp³-hybridized carbons (Fsp3) is 0.700. The molecule has 0 heterocycles. The number of carboxylic acids is 3. The molecule has 0 bridgehead atoms. The second-order valence-corrected chi connectivity index (χ2v) is 3.49. The molecule has 0 aromatic heterocycles. The van der Waals surface area contributed by atoms with E-state index in [1.807, 2.05) is 0 Å². The molecule has 0 fully saturated rings. The van der Waals surface area contributed by atoms with Gasteiger partial charge in [-0.2, -0.15) is 0 Å². The van der Waals surface area contributed by atoms with Gasteiger partial charge in [-0.1, -0.05) is 0 Å². The van der Waals surface area contributed by atoms with E-state index in [2.05, 4.69) is 4.74 Å². The van der Waals surface area contributed by atoms with Gasteiger partial charge in [0.15, 0.2) is 0 Å². The number of nitrogens with zero attached hydrogens (tertiary/aromatic N) is 1. The molecule has 9 nitrogen and oxygen atoms in total. The van der Waals surface area contributed by atoms with E-state index in [1.54, 1.807) is 0 Å². The maximum atomic E-state index is 10.3. The Balaban J connectivity index is -0.000000540. The van der Waals surface area contributed by atoms with E-state index in [9.17, 15) is 29.7 Å². The number of aliphatic carboxylic acids is 3. The van der Waals surface area contributed by atoms with Crippen molar-refractivity contribution in [2.75, 3.05) is 46.1 Å². The zero-order chi connectivity index (χ0) is 14.7. The Labute approximate surface area is 194 Å². The van der Waals surface area contributed by atoms with E-state index in [0.29, 0.717) is 0 Å². The van der Waals surface area contributed by atoms with Crippen LogP contribution < -0.4 is 104 Å². The first-order valence-electron chi connectivity index (χ1n) is 5.39. The van der Waals surface area contributed by atoms with Crippen LogP contribution in [0.5, 0.6) is 0 Å². The first kappa shape index (κ1) is 31.1. The number of ether oxygens (including phenoxy) is 2. The summed E-state index contributed by atoms with van der Waals surface area (Å²) in [5, 5.41) is 30.7. The molecule has 0 aromatic rings. The molecule has 0 amide bonds. The predicted octanol–water partition coefficient (Wildman–Crippen LogP) is -14.4. The minimum absolute atomic E-state index is 0. The summed E-state index contributed by atoms with van der Waals surface area (Å²) >= 11 is 0. The molecule has 0 aliphatic rings. The summed E-state index contributed by atoms with van der Waals surface area (Å²) in [6.07, 6.45) is 0. The predicted molar refractivity (Wildman–Crippen MR) is 53.1 cm³/mol. The van der Waals surface area contributed by atoms with Gasteiger partial charge in [0.1, 0.15) is 0 Å². The topological polar surface area (TPSA) is 142 Å². The molecule has 0 unspecified atom stereocenters. The molecule has 0 N–H and O–H groups in total. The molecule has 22 heavy (non-hydrogen) atoms. The standard InChI is InChI=1S/C10H17NO8.3Na/c12-8(13)5-11(6-9(14)15)1-2-18-3-4-19-7-10(16)17;;;/h1-7H2,(H,12,13)(H,14,15)(H,16,17);;;/q;3*+1/p-3.